The van der Waals surface area contributed by atoms with E-state index in [0.29, 0.717) is 22.8 Å². The van der Waals surface area contributed by atoms with Gasteiger partial charge < -0.3 is 10.8 Å². The maximum absolute atomic E-state index is 9.72. The Morgan fingerprint density at radius 1 is 1.44 bits per heavy atom. The highest BCUT2D eigenvalue weighted by atomic mass is 35.5. The number of aryl methyl sites for hydroxylation is 1. The minimum absolute atomic E-state index is 0.158. The first-order chi connectivity index (χ1) is 7.61. The molecular formula is C11H12ClN3O. The van der Waals surface area contributed by atoms with E-state index in [2.05, 4.69) is 5.10 Å². The van der Waals surface area contributed by atoms with E-state index >= 15 is 0 Å². The van der Waals surface area contributed by atoms with E-state index in [1.165, 1.54) is 0 Å². The first-order valence-electron chi connectivity index (χ1n) is 4.83. The molecule has 0 aliphatic rings. The van der Waals surface area contributed by atoms with Crippen molar-refractivity contribution in [2.24, 2.45) is 12.8 Å². The van der Waals surface area contributed by atoms with Gasteiger partial charge in [0.15, 0.2) is 0 Å². The monoisotopic (exact) mass is 237 g/mol. The van der Waals surface area contributed by atoms with Crippen LogP contribution >= 0.6 is 11.6 Å². The lowest BCUT2D eigenvalue weighted by molar-refractivity contribution is 0.477. The lowest BCUT2D eigenvalue weighted by atomic mass is 10.1. The van der Waals surface area contributed by atoms with E-state index in [-0.39, 0.29) is 5.75 Å². The number of hydrogen-bond acceptors (Lipinski definition) is 3. The van der Waals surface area contributed by atoms with E-state index in [1.807, 2.05) is 13.1 Å². The minimum Gasteiger partial charge on any atom is -0.507 e. The lowest BCUT2D eigenvalue weighted by Crippen LogP contribution is -2.03. The molecule has 0 bridgehead atoms. The molecule has 0 unspecified atom stereocenters. The number of halogens is 1. The van der Waals surface area contributed by atoms with Gasteiger partial charge in [-0.05, 0) is 24.3 Å². The predicted molar refractivity (Wildman–Crippen MR) is 63.2 cm³/mol. The number of benzene rings is 1. The Kier molecular flexibility index (Phi) is 2.85. The Bertz CT molecular complexity index is 522. The molecule has 84 valence electrons. The summed E-state index contributed by atoms with van der Waals surface area (Å²) in [5.74, 6) is 0.158. The number of aromatic nitrogens is 2. The Hall–Kier alpha value is -1.52. The third-order valence-corrected chi connectivity index (χ3v) is 2.66. The SMILES string of the molecule is Cn1nc(-c2cc(Cl)ccc2O)cc1CN. The van der Waals surface area contributed by atoms with Crippen LogP contribution in [-0.2, 0) is 13.6 Å². The molecule has 1 aromatic heterocycles. The zero-order valence-electron chi connectivity index (χ0n) is 8.81. The van der Waals surface area contributed by atoms with E-state index in [4.69, 9.17) is 17.3 Å². The van der Waals surface area contributed by atoms with Crippen LogP contribution < -0.4 is 5.73 Å². The van der Waals surface area contributed by atoms with Gasteiger partial charge in [-0.2, -0.15) is 5.10 Å². The number of nitrogens with zero attached hydrogens (tertiary/aromatic N) is 2. The number of nitrogens with two attached hydrogens (primary N) is 1. The quantitative estimate of drug-likeness (QED) is 0.839. The number of phenolic OH excluding ortho intramolecular Hbond substituents is 1. The molecule has 5 heteroatoms. The fourth-order valence-electron chi connectivity index (χ4n) is 1.54. The molecule has 0 atom stereocenters. The summed E-state index contributed by atoms with van der Waals surface area (Å²) in [6, 6.07) is 6.70. The molecule has 0 amide bonds. The van der Waals surface area contributed by atoms with E-state index in [1.54, 1.807) is 22.9 Å². The van der Waals surface area contributed by atoms with Gasteiger partial charge >= 0.3 is 0 Å². The number of aromatic hydroxyl groups is 1. The van der Waals surface area contributed by atoms with Crippen molar-refractivity contribution in [3.05, 3.63) is 35.0 Å². The van der Waals surface area contributed by atoms with Gasteiger partial charge in [-0.15, -0.1) is 0 Å². The minimum atomic E-state index is 0.158. The number of hydrogen-bond donors (Lipinski definition) is 2. The second-order valence-electron chi connectivity index (χ2n) is 3.51. The molecular weight excluding hydrogens is 226 g/mol. The molecule has 0 aliphatic heterocycles. The van der Waals surface area contributed by atoms with Crippen molar-refractivity contribution in [3.63, 3.8) is 0 Å². The van der Waals surface area contributed by atoms with Gasteiger partial charge in [0.1, 0.15) is 5.75 Å². The van der Waals surface area contributed by atoms with Crippen LogP contribution in [0.5, 0.6) is 5.75 Å². The summed E-state index contributed by atoms with van der Waals surface area (Å²) < 4.78 is 1.69. The second-order valence-corrected chi connectivity index (χ2v) is 3.95. The first-order valence-corrected chi connectivity index (χ1v) is 5.21. The van der Waals surface area contributed by atoms with Crippen LogP contribution in [0.3, 0.4) is 0 Å². The zero-order chi connectivity index (χ0) is 11.7. The molecule has 1 heterocycles. The molecule has 0 radical (unpaired) electrons. The summed E-state index contributed by atoms with van der Waals surface area (Å²) in [5, 5.41) is 14.6. The molecule has 2 rings (SSSR count). The van der Waals surface area contributed by atoms with E-state index in [9.17, 15) is 5.11 Å². The average molecular weight is 238 g/mol. The van der Waals surface area contributed by atoms with Crippen molar-refractivity contribution in [2.45, 2.75) is 6.54 Å². The van der Waals surface area contributed by atoms with Crippen LogP contribution in [0.25, 0.3) is 11.3 Å². The molecule has 3 N–H and O–H groups in total. The molecule has 1 aromatic carbocycles. The van der Waals surface area contributed by atoms with Gasteiger partial charge in [0, 0.05) is 24.2 Å². The van der Waals surface area contributed by atoms with E-state index in [0.717, 1.165) is 5.69 Å². The van der Waals surface area contributed by atoms with Crippen LogP contribution in [-0.4, -0.2) is 14.9 Å². The summed E-state index contributed by atoms with van der Waals surface area (Å²) in [5.41, 5.74) is 7.74. The topological polar surface area (TPSA) is 64.1 Å². The van der Waals surface area contributed by atoms with Gasteiger partial charge in [-0.3, -0.25) is 4.68 Å². The Labute approximate surface area is 98.3 Å². The van der Waals surface area contributed by atoms with Gasteiger partial charge in [0.2, 0.25) is 0 Å². The van der Waals surface area contributed by atoms with Crippen LogP contribution in [0.1, 0.15) is 5.69 Å². The van der Waals surface area contributed by atoms with Gasteiger partial charge in [-0.1, -0.05) is 11.6 Å². The highest BCUT2D eigenvalue weighted by Crippen LogP contribution is 2.30. The highest BCUT2D eigenvalue weighted by molar-refractivity contribution is 6.30. The largest absolute Gasteiger partial charge is 0.507 e. The van der Waals surface area contributed by atoms with Gasteiger partial charge in [0.05, 0.1) is 11.4 Å². The second kappa shape index (κ2) is 4.15. The number of rotatable bonds is 2. The molecule has 0 aliphatic carbocycles. The normalized spacial score (nSPS) is 10.7. The summed E-state index contributed by atoms with van der Waals surface area (Å²) in [7, 11) is 1.81. The standard InChI is InChI=1S/C11H12ClN3O/c1-15-8(6-13)5-10(14-15)9-4-7(12)2-3-11(9)16/h2-5,16H,6,13H2,1H3. The molecule has 0 saturated heterocycles. The first kappa shape index (κ1) is 11.0. The van der Waals surface area contributed by atoms with Crippen molar-refractivity contribution >= 4 is 11.6 Å². The fourth-order valence-corrected chi connectivity index (χ4v) is 1.71. The predicted octanol–water partition coefficient (Wildman–Crippen LogP) is 1.90. The maximum atomic E-state index is 9.72. The van der Waals surface area contributed by atoms with Crippen molar-refractivity contribution < 1.29 is 5.11 Å². The van der Waals surface area contributed by atoms with Crippen molar-refractivity contribution in [3.8, 4) is 17.0 Å². The summed E-state index contributed by atoms with van der Waals surface area (Å²) >= 11 is 5.88. The highest BCUT2D eigenvalue weighted by Gasteiger charge is 2.10. The van der Waals surface area contributed by atoms with Crippen LogP contribution in [0.15, 0.2) is 24.3 Å². The van der Waals surface area contributed by atoms with Crippen LogP contribution in [0, 0.1) is 0 Å². The van der Waals surface area contributed by atoms with Gasteiger partial charge in [0.25, 0.3) is 0 Å². The maximum Gasteiger partial charge on any atom is 0.125 e. The Morgan fingerprint density at radius 3 is 2.81 bits per heavy atom. The third kappa shape index (κ3) is 1.89. The summed E-state index contributed by atoms with van der Waals surface area (Å²) in [6.07, 6.45) is 0. The molecule has 0 fully saturated rings. The Balaban J connectivity index is 2.53. The smallest absolute Gasteiger partial charge is 0.125 e. The number of phenols is 1. The Morgan fingerprint density at radius 2 is 2.19 bits per heavy atom. The molecule has 4 nitrogen and oxygen atoms in total. The summed E-state index contributed by atoms with van der Waals surface area (Å²) in [6.45, 7) is 0.408. The molecule has 0 spiro atoms. The molecule has 2 aromatic rings. The lowest BCUT2D eigenvalue weighted by Gasteiger charge is -2.01. The van der Waals surface area contributed by atoms with Crippen molar-refractivity contribution in [1.82, 2.24) is 9.78 Å². The molecule has 16 heavy (non-hydrogen) atoms. The van der Waals surface area contributed by atoms with E-state index < -0.39 is 0 Å². The van der Waals surface area contributed by atoms with Gasteiger partial charge in [-0.25, -0.2) is 0 Å². The zero-order valence-corrected chi connectivity index (χ0v) is 9.57. The van der Waals surface area contributed by atoms with Crippen molar-refractivity contribution in [1.29, 1.82) is 0 Å². The molecule has 0 saturated carbocycles. The van der Waals surface area contributed by atoms with Crippen LogP contribution in [0.2, 0.25) is 5.02 Å². The average Bonchev–Trinajstić information content (AvgIpc) is 2.63. The third-order valence-electron chi connectivity index (χ3n) is 2.42. The van der Waals surface area contributed by atoms with Crippen LogP contribution in [0.4, 0.5) is 0 Å². The van der Waals surface area contributed by atoms with Crippen molar-refractivity contribution in [2.75, 3.05) is 0 Å². The fraction of sp³-hybridized carbons (Fsp3) is 0.182. The summed E-state index contributed by atoms with van der Waals surface area (Å²) in [4.78, 5) is 0.